The highest BCUT2D eigenvalue weighted by molar-refractivity contribution is 7.15. The lowest BCUT2D eigenvalue weighted by Crippen LogP contribution is -2.23. The molecule has 0 fully saturated rings. The second-order valence-corrected chi connectivity index (χ2v) is 8.30. The molecule has 0 spiro atoms. The summed E-state index contributed by atoms with van der Waals surface area (Å²) in [5.41, 5.74) is 1.58. The molecule has 32 heavy (non-hydrogen) atoms. The quantitative estimate of drug-likeness (QED) is 0.265. The second-order valence-electron chi connectivity index (χ2n) is 7.29. The highest BCUT2D eigenvalue weighted by atomic mass is 32.1. The van der Waals surface area contributed by atoms with Gasteiger partial charge in [0.15, 0.2) is 5.82 Å². The summed E-state index contributed by atoms with van der Waals surface area (Å²) in [5.74, 6) is 2.11. The van der Waals surface area contributed by atoms with Gasteiger partial charge in [-0.05, 0) is 54.5 Å². The zero-order chi connectivity index (χ0) is 22.3. The molecule has 6 nitrogen and oxygen atoms in total. The molecule has 0 aliphatic carbocycles. The van der Waals surface area contributed by atoms with Gasteiger partial charge in [-0.2, -0.15) is 9.50 Å². The number of aromatic nitrogens is 3. The molecular weight excluding hydrogens is 422 g/mol. The fourth-order valence-corrected chi connectivity index (χ4v) is 4.07. The number of nitrogens with zero attached hydrogens (tertiary/aromatic N) is 3. The van der Waals surface area contributed by atoms with Crippen molar-refractivity contribution in [3.8, 4) is 22.9 Å². The Morgan fingerprint density at radius 2 is 1.75 bits per heavy atom. The summed E-state index contributed by atoms with van der Waals surface area (Å²) in [5, 5.41) is 4.42. The molecule has 0 unspecified atom stereocenters. The smallest absolute Gasteiger partial charge is 0.291 e. The van der Waals surface area contributed by atoms with Gasteiger partial charge in [0.2, 0.25) is 4.96 Å². The first kappa shape index (κ1) is 21.8. The fourth-order valence-electron chi connectivity index (χ4n) is 3.17. The molecule has 2 aromatic heterocycles. The van der Waals surface area contributed by atoms with Crippen molar-refractivity contribution in [1.29, 1.82) is 0 Å². The van der Waals surface area contributed by atoms with Crippen molar-refractivity contribution in [3.05, 3.63) is 81.6 Å². The molecular formula is C25H25N3O3S. The van der Waals surface area contributed by atoms with Gasteiger partial charge in [0, 0.05) is 5.56 Å². The van der Waals surface area contributed by atoms with E-state index in [1.165, 1.54) is 28.7 Å². The summed E-state index contributed by atoms with van der Waals surface area (Å²) in [6.07, 6.45) is 6.92. The Bertz CT molecular complexity index is 1290. The molecule has 0 radical (unpaired) electrons. The number of benzene rings is 2. The summed E-state index contributed by atoms with van der Waals surface area (Å²) in [6, 6.07) is 15.2. The second kappa shape index (κ2) is 10.2. The number of hydrogen-bond acceptors (Lipinski definition) is 6. The van der Waals surface area contributed by atoms with Gasteiger partial charge in [0.05, 0.1) is 11.1 Å². The lowest BCUT2D eigenvalue weighted by Gasteiger charge is -2.05. The van der Waals surface area contributed by atoms with E-state index in [0.717, 1.165) is 35.7 Å². The molecule has 0 atom stereocenters. The minimum Gasteiger partial charge on any atom is -0.494 e. The van der Waals surface area contributed by atoms with Gasteiger partial charge in [0.1, 0.15) is 18.1 Å². The van der Waals surface area contributed by atoms with Crippen LogP contribution in [0.25, 0.3) is 22.4 Å². The van der Waals surface area contributed by atoms with Gasteiger partial charge < -0.3 is 9.47 Å². The first-order valence-corrected chi connectivity index (χ1v) is 11.5. The molecule has 164 valence electrons. The molecule has 7 heteroatoms. The van der Waals surface area contributed by atoms with Crippen LogP contribution in [0.2, 0.25) is 0 Å². The molecule has 4 rings (SSSR count). The summed E-state index contributed by atoms with van der Waals surface area (Å²) in [7, 11) is 0. The van der Waals surface area contributed by atoms with Gasteiger partial charge >= 0.3 is 0 Å². The number of ether oxygens (including phenoxy) is 2. The van der Waals surface area contributed by atoms with Crippen LogP contribution in [-0.2, 0) is 0 Å². The van der Waals surface area contributed by atoms with Crippen molar-refractivity contribution in [3.63, 3.8) is 0 Å². The van der Waals surface area contributed by atoms with E-state index in [9.17, 15) is 4.79 Å². The monoisotopic (exact) mass is 447 g/mol. The zero-order valence-electron chi connectivity index (χ0n) is 18.0. The lowest BCUT2D eigenvalue weighted by molar-refractivity contribution is 0.306. The van der Waals surface area contributed by atoms with Gasteiger partial charge in [-0.25, -0.2) is 0 Å². The third kappa shape index (κ3) is 5.06. The Balaban J connectivity index is 1.51. The number of rotatable bonds is 10. The van der Waals surface area contributed by atoms with Crippen LogP contribution < -0.4 is 19.6 Å². The van der Waals surface area contributed by atoms with E-state index in [1.807, 2.05) is 54.6 Å². The fraction of sp³-hybridized carbons (Fsp3) is 0.240. The SMILES string of the molecule is C=CCOc1ccc(C=c2sc3nc(-c4ccc(OCCCCC)cc4)nn3c2=O)cc1. The van der Waals surface area contributed by atoms with E-state index >= 15 is 0 Å². The Labute approximate surface area is 190 Å². The number of unbranched alkanes of at least 4 members (excludes halogenated alkanes) is 2. The zero-order valence-corrected chi connectivity index (χ0v) is 18.8. The highest BCUT2D eigenvalue weighted by Crippen LogP contribution is 2.21. The largest absolute Gasteiger partial charge is 0.494 e. The van der Waals surface area contributed by atoms with Gasteiger partial charge in [-0.1, -0.05) is 55.9 Å². The van der Waals surface area contributed by atoms with E-state index < -0.39 is 0 Å². The summed E-state index contributed by atoms with van der Waals surface area (Å²) in [4.78, 5) is 17.9. The topological polar surface area (TPSA) is 65.7 Å². The number of fused-ring (bicyclic) bond motifs is 1. The van der Waals surface area contributed by atoms with E-state index in [4.69, 9.17) is 9.47 Å². The third-order valence-electron chi connectivity index (χ3n) is 4.86. The highest BCUT2D eigenvalue weighted by Gasteiger charge is 2.12. The van der Waals surface area contributed by atoms with Crippen LogP contribution in [0.1, 0.15) is 31.7 Å². The van der Waals surface area contributed by atoms with Crippen LogP contribution in [0.5, 0.6) is 11.5 Å². The van der Waals surface area contributed by atoms with Gasteiger partial charge in [-0.3, -0.25) is 4.79 Å². The van der Waals surface area contributed by atoms with E-state index in [1.54, 1.807) is 6.08 Å². The summed E-state index contributed by atoms with van der Waals surface area (Å²) in [6.45, 7) is 6.98. The molecule has 2 aromatic carbocycles. The maximum Gasteiger partial charge on any atom is 0.291 e. The Kier molecular flexibility index (Phi) is 6.97. The van der Waals surface area contributed by atoms with Crippen molar-refractivity contribution < 1.29 is 9.47 Å². The van der Waals surface area contributed by atoms with Crippen LogP contribution in [-0.4, -0.2) is 27.8 Å². The normalized spacial score (nSPS) is 11.7. The number of hydrogen-bond donors (Lipinski definition) is 0. The first-order valence-electron chi connectivity index (χ1n) is 10.7. The minimum absolute atomic E-state index is 0.174. The predicted molar refractivity (Wildman–Crippen MR) is 129 cm³/mol. The number of thiazole rings is 1. The summed E-state index contributed by atoms with van der Waals surface area (Å²) < 4.78 is 13.2. The maximum absolute atomic E-state index is 12.8. The maximum atomic E-state index is 12.8. The van der Waals surface area contributed by atoms with Crippen LogP contribution in [0.3, 0.4) is 0 Å². The van der Waals surface area contributed by atoms with Crippen molar-refractivity contribution in [2.75, 3.05) is 13.2 Å². The predicted octanol–water partition coefficient (Wildman–Crippen LogP) is 4.50. The standard InChI is InChI=1S/C25H25N3O3S/c1-3-5-6-16-31-21-13-9-19(10-14-21)23-26-25-28(27-23)24(29)22(32-25)17-18-7-11-20(12-8-18)30-15-4-2/h4,7-14,17H,2-3,5-6,15-16H2,1H3. The van der Waals surface area contributed by atoms with Gasteiger partial charge in [-0.15, -0.1) is 5.10 Å². The Morgan fingerprint density at radius 1 is 1.03 bits per heavy atom. The van der Waals surface area contributed by atoms with Crippen LogP contribution >= 0.6 is 11.3 Å². The summed E-state index contributed by atoms with van der Waals surface area (Å²) >= 11 is 1.32. The minimum atomic E-state index is -0.174. The molecule has 0 N–H and O–H groups in total. The molecule has 0 saturated carbocycles. The first-order chi connectivity index (χ1) is 15.7. The Hall–Kier alpha value is -3.45. The molecule has 0 aliphatic rings. The van der Waals surface area contributed by atoms with Crippen LogP contribution in [0.4, 0.5) is 0 Å². The van der Waals surface area contributed by atoms with Gasteiger partial charge in [0.25, 0.3) is 5.56 Å². The van der Waals surface area contributed by atoms with Crippen molar-refractivity contribution in [1.82, 2.24) is 14.6 Å². The van der Waals surface area contributed by atoms with E-state index in [-0.39, 0.29) is 5.56 Å². The third-order valence-corrected chi connectivity index (χ3v) is 5.82. The Morgan fingerprint density at radius 3 is 2.44 bits per heavy atom. The van der Waals surface area contributed by atoms with Crippen molar-refractivity contribution in [2.24, 2.45) is 0 Å². The van der Waals surface area contributed by atoms with Crippen molar-refractivity contribution >= 4 is 22.4 Å². The molecule has 0 saturated heterocycles. The lowest BCUT2D eigenvalue weighted by atomic mass is 10.2. The van der Waals surface area contributed by atoms with Crippen molar-refractivity contribution in [2.45, 2.75) is 26.2 Å². The van der Waals surface area contributed by atoms with Crippen LogP contribution in [0.15, 0.2) is 66.0 Å². The van der Waals surface area contributed by atoms with Crippen LogP contribution in [0, 0.1) is 0 Å². The molecule has 0 aliphatic heterocycles. The molecule has 4 aromatic rings. The molecule has 0 bridgehead atoms. The molecule has 2 heterocycles. The van der Waals surface area contributed by atoms with E-state index in [2.05, 4.69) is 23.6 Å². The average molecular weight is 448 g/mol. The average Bonchev–Trinajstić information content (AvgIpc) is 3.36. The molecule has 0 amide bonds. The van der Waals surface area contributed by atoms with E-state index in [0.29, 0.717) is 21.9 Å².